The molecule has 1 amide bonds. The molecule has 0 bridgehead atoms. The maximum absolute atomic E-state index is 13.2. The fraction of sp³-hybridized carbons (Fsp3) is 0.100. The number of pyridine rings is 1. The number of anilines is 1. The second kappa shape index (κ2) is 8.09. The number of amides is 1. The molecule has 0 spiro atoms. The van der Waals surface area contributed by atoms with Gasteiger partial charge in [-0.2, -0.15) is 0 Å². The van der Waals surface area contributed by atoms with Crippen LogP contribution in [0.15, 0.2) is 60.9 Å². The van der Waals surface area contributed by atoms with E-state index in [0.717, 1.165) is 11.1 Å². The van der Waals surface area contributed by atoms with Gasteiger partial charge in [0, 0.05) is 28.7 Å². The highest BCUT2D eigenvalue weighted by atomic mass is 35.5. The second-order valence-electron chi connectivity index (χ2n) is 5.81. The first-order valence-electron chi connectivity index (χ1n) is 7.87. The van der Waals surface area contributed by atoms with E-state index in [-0.39, 0.29) is 5.91 Å². The van der Waals surface area contributed by atoms with E-state index in [2.05, 4.69) is 4.98 Å². The van der Waals surface area contributed by atoms with Crippen molar-refractivity contribution in [3.63, 3.8) is 0 Å². The molecule has 0 fully saturated rings. The zero-order valence-electron chi connectivity index (χ0n) is 13.9. The molecule has 1 heterocycles. The van der Waals surface area contributed by atoms with Crippen molar-refractivity contribution in [3.8, 4) is 0 Å². The summed E-state index contributed by atoms with van der Waals surface area (Å²) in [6.07, 6.45) is 3.27. The van der Waals surface area contributed by atoms with Gasteiger partial charge in [0.2, 0.25) is 0 Å². The highest BCUT2D eigenvalue weighted by Gasteiger charge is 2.20. The Labute approximate surface area is 167 Å². The molecule has 0 radical (unpaired) electrons. The molecule has 0 saturated heterocycles. The molecule has 3 aromatic rings. The van der Waals surface area contributed by atoms with Crippen LogP contribution in [-0.4, -0.2) is 10.9 Å². The van der Waals surface area contributed by atoms with E-state index in [9.17, 15) is 4.79 Å². The Bertz CT molecular complexity index is 959. The summed E-state index contributed by atoms with van der Waals surface area (Å²) in [5.74, 6) is -0.150. The molecule has 0 aliphatic heterocycles. The molecule has 0 aliphatic rings. The Balaban J connectivity index is 2.04. The summed E-state index contributed by atoms with van der Waals surface area (Å²) >= 11 is 18.3. The number of aromatic nitrogens is 1. The van der Waals surface area contributed by atoms with Crippen LogP contribution in [0.4, 0.5) is 5.69 Å². The fourth-order valence-electron chi connectivity index (χ4n) is 2.61. The number of aryl methyl sites for hydroxylation is 1. The predicted octanol–water partition coefficient (Wildman–Crippen LogP) is 6.20. The van der Waals surface area contributed by atoms with Crippen LogP contribution in [0.5, 0.6) is 0 Å². The standard InChI is InChI=1S/C20H15Cl3N2O/c1-13-11-24-8-7-17(13)20(26)25(12-14-3-2-4-15(21)9-14)16-5-6-18(22)19(23)10-16/h2-11H,12H2,1H3. The minimum absolute atomic E-state index is 0.150. The summed E-state index contributed by atoms with van der Waals surface area (Å²) in [6.45, 7) is 2.20. The third kappa shape index (κ3) is 4.18. The molecular formula is C20H15Cl3N2O. The van der Waals surface area contributed by atoms with Crippen LogP contribution in [0.25, 0.3) is 0 Å². The third-order valence-electron chi connectivity index (χ3n) is 3.94. The van der Waals surface area contributed by atoms with Crippen molar-refractivity contribution in [2.45, 2.75) is 13.5 Å². The molecule has 3 nitrogen and oxygen atoms in total. The molecule has 0 aliphatic carbocycles. The van der Waals surface area contributed by atoms with Gasteiger partial charge in [-0.1, -0.05) is 46.9 Å². The number of halogens is 3. The van der Waals surface area contributed by atoms with Crippen LogP contribution in [-0.2, 0) is 6.54 Å². The maximum Gasteiger partial charge on any atom is 0.258 e. The lowest BCUT2D eigenvalue weighted by atomic mass is 10.1. The van der Waals surface area contributed by atoms with Gasteiger partial charge in [0.1, 0.15) is 0 Å². The lowest BCUT2D eigenvalue weighted by Gasteiger charge is -2.24. The highest BCUT2D eigenvalue weighted by molar-refractivity contribution is 6.42. The van der Waals surface area contributed by atoms with Gasteiger partial charge in [-0.05, 0) is 54.4 Å². The topological polar surface area (TPSA) is 33.2 Å². The van der Waals surface area contributed by atoms with Crippen molar-refractivity contribution in [1.82, 2.24) is 4.98 Å². The Morgan fingerprint density at radius 1 is 1.04 bits per heavy atom. The molecule has 0 atom stereocenters. The van der Waals surface area contributed by atoms with E-state index in [1.807, 2.05) is 25.1 Å². The van der Waals surface area contributed by atoms with Crippen molar-refractivity contribution in [2.75, 3.05) is 4.90 Å². The van der Waals surface area contributed by atoms with Gasteiger partial charge < -0.3 is 4.90 Å². The first-order valence-corrected chi connectivity index (χ1v) is 9.01. The Hall–Kier alpha value is -2.07. The minimum Gasteiger partial charge on any atom is -0.304 e. The van der Waals surface area contributed by atoms with Gasteiger partial charge in [0.15, 0.2) is 0 Å². The van der Waals surface area contributed by atoms with Crippen LogP contribution in [0.2, 0.25) is 15.1 Å². The van der Waals surface area contributed by atoms with E-state index in [1.54, 1.807) is 47.6 Å². The molecule has 3 rings (SSSR count). The summed E-state index contributed by atoms with van der Waals surface area (Å²) in [6, 6.07) is 14.2. The molecule has 2 aromatic carbocycles. The SMILES string of the molecule is Cc1cnccc1C(=O)N(Cc1cccc(Cl)c1)c1ccc(Cl)c(Cl)c1. The molecular weight excluding hydrogens is 391 g/mol. The van der Waals surface area contributed by atoms with Crippen molar-refractivity contribution in [1.29, 1.82) is 0 Å². The largest absolute Gasteiger partial charge is 0.304 e. The van der Waals surface area contributed by atoms with E-state index in [4.69, 9.17) is 34.8 Å². The van der Waals surface area contributed by atoms with Gasteiger partial charge in [-0.25, -0.2) is 0 Å². The lowest BCUT2D eigenvalue weighted by Crippen LogP contribution is -2.31. The van der Waals surface area contributed by atoms with E-state index in [0.29, 0.717) is 32.9 Å². The quantitative estimate of drug-likeness (QED) is 0.518. The zero-order chi connectivity index (χ0) is 18.7. The van der Waals surface area contributed by atoms with E-state index in [1.165, 1.54) is 0 Å². The van der Waals surface area contributed by atoms with Crippen LogP contribution in [0, 0.1) is 6.92 Å². The average Bonchev–Trinajstić information content (AvgIpc) is 2.62. The van der Waals surface area contributed by atoms with Crippen LogP contribution >= 0.6 is 34.8 Å². The summed E-state index contributed by atoms with van der Waals surface area (Å²) < 4.78 is 0. The molecule has 0 saturated carbocycles. The number of hydrogen-bond acceptors (Lipinski definition) is 2. The molecule has 0 unspecified atom stereocenters. The third-order valence-corrected chi connectivity index (χ3v) is 4.91. The first kappa shape index (κ1) is 18.7. The second-order valence-corrected chi connectivity index (χ2v) is 7.06. The average molecular weight is 406 g/mol. The van der Waals surface area contributed by atoms with Crippen molar-refractivity contribution in [3.05, 3.63) is 92.7 Å². The smallest absolute Gasteiger partial charge is 0.258 e. The van der Waals surface area contributed by atoms with Gasteiger partial charge >= 0.3 is 0 Å². The minimum atomic E-state index is -0.150. The van der Waals surface area contributed by atoms with Gasteiger partial charge in [-0.3, -0.25) is 9.78 Å². The summed E-state index contributed by atoms with van der Waals surface area (Å²) in [5.41, 5.74) is 2.94. The summed E-state index contributed by atoms with van der Waals surface area (Å²) in [4.78, 5) is 18.9. The van der Waals surface area contributed by atoms with E-state index < -0.39 is 0 Å². The Morgan fingerprint density at radius 2 is 1.85 bits per heavy atom. The van der Waals surface area contributed by atoms with Crippen molar-refractivity contribution in [2.24, 2.45) is 0 Å². The fourth-order valence-corrected chi connectivity index (χ4v) is 3.12. The van der Waals surface area contributed by atoms with Gasteiger partial charge in [0.25, 0.3) is 5.91 Å². The lowest BCUT2D eigenvalue weighted by molar-refractivity contribution is 0.0984. The zero-order valence-corrected chi connectivity index (χ0v) is 16.2. The number of carbonyl (C=O) groups excluding carboxylic acids is 1. The molecule has 0 N–H and O–H groups in total. The molecule has 132 valence electrons. The first-order chi connectivity index (χ1) is 12.5. The van der Waals surface area contributed by atoms with Crippen LogP contribution in [0.1, 0.15) is 21.5 Å². The number of benzene rings is 2. The van der Waals surface area contributed by atoms with Crippen molar-refractivity contribution >= 4 is 46.4 Å². The van der Waals surface area contributed by atoms with Crippen molar-refractivity contribution < 1.29 is 4.79 Å². The molecule has 1 aromatic heterocycles. The summed E-state index contributed by atoms with van der Waals surface area (Å²) in [5, 5.41) is 1.44. The molecule has 6 heteroatoms. The monoisotopic (exact) mass is 404 g/mol. The predicted molar refractivity (Wildman–Crippen MR) is 107 cm³/mol. The summed E-state index contributed by atoms with van der Waals surface area (Å²) in [7, 11) is 0. The number of nitrogens with zero attached hydrogens (tertiary/aromatic N) is 2. The number of hydrogen-bond donors (Lipinski definition) is 0. The van der Waals surface area contributed by atoms with Gasteiger partial charge in [-0.15, -0.1) is 0 Å². The van der Waals surface area contributed by atoms with Gasteiger partial charge in [0.05, 0.1) is 16.6 Å². The Kier molecular flexibility index (Phi) is 5.82. The van der Waals surface area contributed by atoms with E-state index >= 15 is 0 Å². The molecule has 26 heavy (non-hydrogen) atoms. The number of rotatable bonds is 4. The Morgan fingerprint density at radius 3 is 2.54 bits per heavy atom. The maximum atomic E-state index is 13.2. The van der Waals surface area contributed by atoms with Crippen LogP contribution < -0.4 is 4.90 Å². The number of carbonyl (C=O) groups is 1. The highest BCUT2D eigenvalue weighted by Crippen LogP contribution is 2.29. The van der Waals surface area contributed by atoms with Crippen LogP contribution in [0.3, 0.4) is 0 Å². The normalized spacial score (nSPS) is 10.6.